The SMILES string of the molecule is COc1ccc(N2CCN(C[C@H]3C(=O)O[C@@H]4C[C@]5(C)CCC[C@@H](C)[C@@]56O[C@@H]6[C@H]43)C[C@H]2C)cc1. The molecule has 1 aromatic rings. The van der Waals surface area contributed by atoms with E-state index < -0.39 is 0 Å². The van der Waals surface area contributed by atoms with Gasteiger partial charge in [0.15, 0.2) is 0 Å². The number of piperazine rings is 1. The molecular weight excluding hydrogens is 416 g/mol. The zero-order valence-corrected chi connectivity index (χ0v) is 20.5. The van der Waals surface area contributed by atoms with E-state index in [-0.39, 0.29) is 41.0 Å². The lowest BCUT2D eigenvalue weighted by atomic mass is 9.53. The van der Waals surface area contributed by atoms with Crippen LogP contribution in [0.3, 0.4) is 0 Å². The van der Waals surface area contributed by atoms with Crippen molar-refractivity contribution in [2.45, 2.75) is 70.3 Å². The van der Waals surface area contributed by atoms with Gasteiger partial charge in [-0.3, -0.25) is 9.69 Å². The molecule has 6 heteroatoms. The molecule has 6 nitrogen and oxygen atoms in total. The van der Waals surface area contributed by atoms with Crippen LogP contribution in [-0.2, 0) is 14.3 Å². The zero-order valence-electron chi connectivity index (χ0n) is 20.5. The molecule has 5 aliphatic rings. The van der Waals surface area contributed by atoms with Crippen LogP contribution in [-0.4, -0.2) is 68.0 Å². The molecule has 3 heterocycles. The van der Waals surface area contributed by atoms with Gasteiger partial charge in [-0.15, -0.1) is 0 Å². The second kappa shape index (κ2) is 7.61. The van der Waals surface area contributed by atoms with E-state index in [9.17, 15) is 4.79 Å². The topological polar surface area (TPSA) is 54.5 Å². The van der Waals surface area contributed by atoms with Crippen molar-refractivity contribution in [1.29, 1.82) is 0 Å². The number of methoxy groups -OCH3 is 1. The van der Waals surface area contributed by atoms with Gasteiger partial charge in [-0.05, 0) is 56.4 Å². The quantitative estimate of drug-likeness (QED) is 0.510. The highest BCUT2D eigenvalue weighted by Gasteiger charge is 2.78. The van der Waals surface area contributed by atoms with Crippen LogP contribution in [0.1, 0.15) is 46.5 Å². The fraction of sp³-hybridized carbons (Fsp3) is 0.741. The van der Waals surface area contributed by atoms with Gasteiger partial charge in [0.05, 0.1) is 19.1 Å². The zero-order chi connectivity index (χ0) is 23.0. The molecule has 2 aliphatic carbocycles. The van der Waals surface area contributed by atoms with Crippen LogP contribution >= 0.6 is 0 Å². The number of ether oxygens (including phenoxy) is 3. The van der Waals surface area contributed by atoms with Gasteiger partial charge in [-0.2, -0.15) is 0 Å². The molecule has 1 aromatic carbocycles. The highest BCUT2D eigenvalue weighted by molar-refractivity contribution is 5.76. The first kappa shape index (κ1) is 21.7. The fourth-order valence-corrected chi connectivity index (χ4v) is 8.08. The summed E-state index contributed by atoms with van der Waals surface area (Å²) in [6.45, 7) is 10.7. The molecule has 0 radical (unpaired) electrons. The Kier molecular flexibility index (Phi) is 5.01. The minimum Gasteiger partial charge on any atom is -0.497 e. The van der Waals surface area contributed by atoms with Gasteiger partial charge >= 0.3 is 5.97 Å². The molecule has 2 saturated carbocycles. The number of esters is 1. The summed E-state index contributed by atoms with van der Waals surface area (Å²) >= 11 is 0. The number of fused-ring (bicyclic) bond motifs is 2. The van der Waals surface area contributed by atoms with Gasteiger partial charge in [-0.25, -0.2) is 0 Å². The molecule has 6 rings (SSSR count). The molecular formula is C27H38N2O4. The number of epoxide rings is 1. The monoisotopic (exact) mass is 454 g/mol. The van der Waals surface area contributed by atoms with Crippen LogP contribution in [0.25, 0.3) is 0 Å². The largest absolute Gasteiger partial charge is 0.497 e. The van der Waals surface area contributed by atoms with Crippen molar-refractivity contribution in [3.8, 4) is 5.75 Å². The van der Waals surface area contributed by atoms with Gasteiger partial charge in [0, 0.05) is 49.2 Å². The van der Waals surface area contributed by atoms with Gasteiger partial charge in [0.2, 0.25) is 0 Å². The second-order valence-electron chi connectivity index (χ2n) is 11.5. The van der Waals surface area contributed by atoms with Crippen molar-refractivity contribution in [1.82, 2.24) is 4.90 Å². The number of rotatable bonds is 4. The van der Waals surface area contributed by atoms with Crippen molar-refractivity contribution in [3.05, 3.63) is 24.3 Å². The number of anilines is 1. The van der Waals surface area contributed by atoms with Crippen LogP contribution in [0.5, 0.6) is 5.75 Å². The third-order valence-corrected chi connectivity index (χ3v) is 9.76. The van der Waals surface area contributed by atoms with E-state index in [4.69, 9.17) is 14.2 Å². The molecule has 3 aliphatic heterocycles. The van der Waals surface area contributed by atoms with Crippen LogP contribution in [0.15, 0.2) is 24.3 Å². The number of benzene rings is 1. The van der Waals surface area contributed by atoms with E-state index in [0.717, 1.165) is 38.3 Å². The van der Waals surface area contributed by atoms with Crippen molar-refractivity contribution < 1.29 is 19.0 Å². The molecule has 0 N–H and O–H groups in total. The lowest BCUT2D eigenvalue weighted by Gasteiger charge is -2.49. The van der Waals surface area contributed by atoms with Crippen molar-refractivity contribution in [3.63, 3.8) is 0 Å². The normalized spacial score (nSPS) is 44.5. The Morgan fingerprint density at radius 2 is 1.97 bits per heavy atom. The molecule has 5 fully saturated rings. The van der Waals surface area contributed by atoms with Crippen molar-refractivity contribution >= 4 is 11.7 Å². The van der Waals surface area contributed by atoms with Gasteiger partial charge in [-0.1, -0.05) is 20.3 Å². The van der Waals surface area contributed by atoms with Gasteiger partial charge < -0.3 is 19.1 Å². The average molecular weight is 455 g/mol. The van der Waals surface area contributed by atoms with E-state index in [1.807, 2.05) is 12.1 Å². The lowest BCUT2D eigenvalue weighted by Crippen LogP contribution is -2.56. The molecule has 0 amide bonds. The maximum absolute atomic E-state index is 13.1. The molecule has 3 saturated heterocycles. The number of hydrogen-bond donors (Lipinski definition) is 0. The van der Waals surface area contributed by atoms with E-state index in [1.54, 1.807) is 7.11 Å². The first-order valence-corrected chi connectivity index (χ1v) is 12.9. The molecule has 8 atom stereocenters. The molecule has 1 spiro atoms. The number of carbonyl (C=O) groups excluding carboxylic acids is 1. The summed E-state index contributed by atoms with van der Waals surface area (Å²) in [4.78, 5) is 18.0. The van der Waals surface area contributed by atoms with Crippen LogP contribution in [0.2, 0.25) is 0 Å². The maximum Gasteiger partial charge on any atom is 0.311 e. The summed E-state index contributed by atoms with van der Waals surface area (Å²) in [5.74, 6) is 1.64. The standard InChI is InChI=1S/C27H38N2O4/c1-17-6-5-11-26(3)14-22-23(24-27(17,26)33-24)21(25(30)32-22)16-28-12-13-29(18(2)15-28)19-7-9-20(31-4)10-8-19/h7-10,17-18,21-24H,5-6,11-16H2,1-4H3/t17-,18-,21-,22-,23+,24-,26+,27+/m1/s1. The lowest BCUT2D eigenvalue weighted by molar-refractivity contribution is -0.146. The summed E-state index contributed by atoms with van der Waals surface area (Å²) in [6.07, 6.45) is 4.92. The Morgan fingerprint density at radius 3 is 2.70 bits per heavy atom. The van der Waals surface area contributed by atoms with Gasteiger partial charge in [0.1, 0.15) is 17.5 Å². The summed E-state index contributed by atoms with van der Waals surface area (Å²) in [7, 11) is 1.70. The Morgan fingerprint density at radius 1 is 1.18 bits per heavy atom. The van der Waals surface area contributed by atoms with Crippen LogP contribution < -0.4 is 9.64 Å². The highest BCUT2D eigenvalue weighted by atomic mass is 16.6. The van der Waals surface area contributed by atoms with E-state index in [2.05, 4.69) is 42.7 Å². The highest BCUT2D eigenvalue weighted by Crippen LogP contribution is 2.70. The molecule has 0 aromatic heterocycles. The first-order valence-electron chi connectivity index (χ1n) is 12.9. The molecule has 180 valence electrons. The second-order valence-corrected chi connectivity index (χ2v) is 11.5. The van der Waals surface area contributed by atoms with Gasteiger partial charge in [0.25, 0.3) is 0 Å². The summed E-state index contributed by atoms with van der Waals surface area (Å²) in [6, 6.07) is 8.71. The van der Waals surface area contributed by atoms with Crippen LogP contribution in [0, 0.1) is 23.2 Å². The minimum absolute atomic E-state index is 0.00999. The smallest absolute Gasteiger partial charge is 0.311 e. The predicted octanol–water partition coefficient (Wildman–Crippen LogP) is 3.73. The maximum atomic E-state index is 13.1. The van der Waals surface area contributed by atoms with Crippen LogP contribution in [0.4, 0.5) is 5.69 Å². The Bertz CT molecular complexity index is 921. The molecule has 0 bridgehead atoms. The molecule has 0 unspecified atom stereocenters. The van der Waals surface area contributed by atoms with Crippen molar-refractivity contribution in [2.75, 3.05) is 38.2 Å². The minimum atomic E-state index is -0.0576. The number of nitrogens with zero attached hydrogens (tertiary/aromatic N) is 2. The number of carbonyl (C=O) groups is 1. The Labute approximate surface area is 197 Å². The fourth-order valence-electron chi connectivity index (χ4n) is 8.08. The average Bonchev–Trinajstić information content (AvgIpc) is 3.48. The summed E-state index contributed by atoms with van der Waals surface area (Å²) in [5, 5.41) is 0. The third kappa shape index (κ3) is 3.16. The number of hydrogen-bond acceptors (Lipinski definition) is 6. The van der Waals surface area contributed by atoms with E-state index in [1.165, 1.54) is 24.9 Å². The molecule has 33 heavy (non-hydrogen) atoms. The predicted molar refractivity (Wildman–Crippen MR) is 126 cm³/mol. The Balaban J connectivity index is 1.14. The van der Waals surface area contributed by atoms with E-state index in [0.29, 0.717) is 12.0 Å². The first-order chi connectivity index (χ1) is 15.9. The summed E-state index contributed by atoms with van der Waals surface area (Å²) < 4.78 is 18.0. The van der Waals surface area contributed by atoms with Crippen molar-refractivity contribution in [2.24, 2.45) is 23.2 Å². The summed E-state index contributed by atoms with van der Waals surface area (Å²) in [5.41, 5.74) is 1.37. The van der Waals surface area contributed by atoms with E-state index >= 15 is 0 Å². The third-order valence-electron chi connectivity index (χ3n) is 9.76. The Hall–Kier alpha value is -1.79.